The van der Waals surface area contributed by atoms with Crippen molar-refractivity contribution in [3.05, 3.63) is 39.8 Å². The maximum absolute atomic E-state index is 5.38. The number of nitrogens with one attached hydrogen (secondary N) is 1. The lowest BCUT2D eigenvalue weighted by Gasteiger charge is -2.22. The molecule has 0 aliphatic heterocycles. The van der Waals surface area contributed by atoms with Crippen LogP contribution in [-0.4, -0.2) is 57.2 Å². The Balaban J connectivity index is 0.00000420. The minimum atomic E-state index is 0. The molecule has 0 spiro atoms. The van der Waals surface area contributed by atoms with Crippen LogP contribution in [0.1, 0.15) is 36.0 Å². The highest BCUT2D eigenvalue weighted by molar-refractivity contribution is 14.0. The van der Waals surface area contributed by atoms with E-state index in [1.807, 2.05) is 19.2 Å². The number of hydrogen-bond donors (Lipinski definition) is 1. The first kappa shape index (κ1) is 25.5. The number of hydrogen-bond acceptors (Lipinski definition) is 5. The van der Waals surface area contributed by atoms with Crippen LogP contribution in [0.5, 0.6) is 11.5 Å². The lowest BCUT2D eigenvalue weighted by molar-refractivity contribution is 0.354. The van der Waals surface area contributed by atoms with Crippen LogP contribution in [0.25, 0.3) is 0 Å². The summed E-state index contributed by atoms with van der Waals surface area (Å²) in [7, 11) is 7.17. The molecule has 2 rings (SSSR count). The second-order valence-electron chi connectivity index (χ2n) is 6.92. The first-order valence-corrected chi connectivity index (χ1v) is 10.4. The van der Waals surface area contributed by atoms with E-state index in [0.717, 1.165) is 49.1 Å². The molecule has 1 aromatic carbocycles. The Morgan fingerprint density at radius 1 is 1.21 bits per heavy atom. The second kappa shape index (κ2) is 12.9. The van der Waals surface area contributed by atoms with E-state index >= 15 is 0 Å². The van der Waals surface area contributed by atoms with Gasteiger partial charge in [0.2, 0.25) is 0 Å². The van der Waals surface area contributed by atoms with Gasteiger partial charge in [-0.3, -0.25) is 4.99 Å². The first-order valence-electron chi connectivity index (χ1n) is 9.55. The number of methoxy groups -OCH3 is 2. The number of aliphatic imine (C=N–C) groups is 1. The zero-order valence-electron chi connectivity index (χ0n) is 18.2. The standard InChI is InChI=1S/C21H32N4O2S.HI/c1-15(2)20-24-17(14-28-20)9-11-23-21(22-3)25(4)12-10-16-7-8-18(26-5)19(13-16)27-6;/h7-8,13-15H,9-12H2,1-6H3,(H,22,23);1H. The molecule has 8 heteroatoms. The number of likely N-dealkylation sites (N-methyl/N-ethyl adjacent to an activating group) is 1. The van der Waals surface area contributed by atoms with Crippen molar-refractivity contribution in [2.75, 3.05) is 41.4 Å². The molecule has 0 unspecified atom stereocenters. The Morgan fingerprint density at radius 3 is 2.52 bits per heavy atom. The van der Waals surface area contributed by atoms with Gasteiger partial charge >= 0.3 is 0 Å². The lowest BCUT2D eigenvalue weighted by Crippen LogP contribution is -2.40. The summed E-state index contributed by atoms with van der Waals surface area (Å²) in [6.07, 6.45) is 1.78. The van der Waals surface area contributed by atoms with E-state index in [9.17, 15) is 0 Å². The van der Waals surface area contributed by atoms with Gasteiger partial charge in [0, 0.05) is 44.9 Å². The van der Waals surface area contributed by atoms with Crippen molar-refractivity contribution in [1.82, 2.24) is 15.2 Å². The highest BCUT2D eigenvalue weighted by Crippen LogP contribution is 2.27. The highest BCUT2D eigenvalue weighted by Gasteiger charge is 2.10. The van der Waals surface area contributed by atoms with Crippen LogP contribution < -0.4 is 14.8 Å². The zero-order chi connectivity index (χ0) is 20.5. The summed E-state index contributed by atoms with van der Waals surface area (Å²) in [4.78, 5) is 11.2. The molecule has 1 heterocycles. The van der Waals surface area contributed by atoms with E-state index in [1.165, 1.54) is 10.6 Å². The SMILES string of the molecule is CN=C(NCCc1csc(C(C)C)n1)N(C)CCc1ccc(OC)c(OC)c1.I. The Labute approximate surface area is 195 Å². The molecule has 0 bridgehead atoms. The highest BCUT2D eigenvalue weighted by atomic mass is 127. The van der Waals surface area contributed by atoms with Crippen LogP contribution in [0.2, 0.25) is 0 Å². The van der Waals surface area contributed by atoms with Crippen LogP contribution in [0.3, 0.4) is 0 Å². The van der Waals surface area contributed by atoms with Crippen molar-refractivity contribution >= 4 is 41.3 Å². The fourth-order valence-corrected chi connectivity index (χ4v) is 3.70. The van der Waals surface area contributed by atoms with Gasteiger partial charge in [0.1, 0.15) is 0 Å². The monoisotopic (exact) mass is 532 g/mol. The molecule has 0 saturated heterocycles. The lowest BCUT2D eigenvalue weighted by atomic mass is 10.1. The van der Waals surface area contributed by atoms with Crippen LogP contribution in [0.4, 0.5) is 0 Å². The summed E-state index contributed by atoms with van der Waals surface area (Å²) in [6.45, 7) is 6.02. The second-order valence-corrected chi connectivity index (χ2v) is 7.81. The number of ether oxygens (including phenoxy) is 2. The zero-order valence-corrected chi connectivity index (χ0v) is 21.3. The van der Waals surface area contributed by atoms with E-state index in [1.54, 1.807) is 25.6 Å². The summed E-state index contributed by atoms with van der Waals surface area (Å²) < 4.78 is 10.7. The minimum absolute atomic E-state index is 0. The van der Waals surface area contributed by atoms with Crippen LogP contribution >= 0.6 is 35.3 Å². The molecule has 2 aromatic rings. The summed E-state index contributed by atoms with van der Waals surface area (Å²) in [5, 5.41) is 6.78. The molecule has 6 nitrogen and oxygen atoms in total. The Bertz CT molecular complexity index is 780. The van der Waals surface area contributed by atoms with Gasteiger partial charge in [-0.25, -0.2) is 4.98 Å². The van der Waals surface area contributed by atoms with Crippen LogP contribution in [0.15, 0.2) is 28.6 Å². The van der Waals surface area contributed by atoms with Crippen molar-refractivity contribution in [1.29, 1.82) is 0 Å². The fraction of sp³-hybridized carbons (Fsp3) is 0.524. The summed E-state index contributed by atoms with van der Waals surface area (Å²) in [5.41, 5.74) is 2.34. The maximum Gasteiger partial charge on any atom is 0.193 e. The van der Waals surface area contributed by atoms with Crippen molar-refractivity contribution < 1.29 is 9.47 Å². The number of halogens is 1. The van der Waals surface area contributed by atoms with Gasteiger partial charge in [-0.2, -0.15) is 0 Å². The molecule has 0 radical (unpaired) electrons. The number of benzene rings is 1. The van der Waals surface area contributed by atoms with Crippen molar-refractivity contribution in [3.63, 3.8) is 0 Å². The predicted octanol–water partition coefficient (Wildman–Crippen LogP) is 4.19. The minimum Gasteiger partial charge on any atom is -0.493 e. The third kappa shape index (κ3) is 7.65. The molecule has 0 atom stereocenters. The van der Waals surface area contributed by atoms with Crippen molar-refractivity contribution in [3.8, 4) is 11.5 Å². The molecule has 162 valence electrons. The first-order chi connectivity index (χ1) is 13.5. The molecule has 0 saturated carbocycles. The smallest absolute Gasteiger partial charge is 0.193 e. The molecular weight excluding hydrogens is 499 g/mol. The number of thiazole rings is 1. The van der Waals surface area contributed by atoms with Gasteiger partial charge < -0.3 is 19.7 Å². The van der Waals surface area contributed by atoms with Crippen LogP contribution in [-0.2, 0) is 12.8 Å². The van der Waals surface area contributed by atoms with Crippen molar-refractivity contribution in [2.24, 2.45) is 4.99 Å². The van der Waals surface area contributed by atoms with Gasteiger partial charge in [-0.05, 0) is 24.1 Å². The van der Waals surface area contributed by atoms with Gasteiger partial charge in [-0.15, -0.1) is 35.3 Å². The molecular formula is C21H33IN4O2S. The van der Waals surface area contributed by atoms with Gasteiger partial charge in [0.15, 0.2) is 17.5 Å². The molecule has 1 N–H and O–H groups in total. The third-order valence-corrected chi connectivity index (χ3v) is 5.68. The Hall–Kier alpha value is -1.55. The maximum atomic E-state index is 5.38. The number of nitrogens with zero attached hydrogens (tertiary/aromatic N) is 3. The van der Waals surface area contributed by atoms with E-state index in [0.29, 0.717) is 5.92 Å². The van der Waals surface area contributed by atoms with E-state index in [2.05, 4.69) is 52.5 Å². The summed E-state index contributed by atoms with van der Waals surface area (Å²) in [6, 6.07) is 6.04. The van der Waals surface area contributed by atoms with E-state index in [4.69, 9.17) is 9.47 Å². The molecule has 0 aliphatic carbocycles. The van der Waals surface area contributed by atoms with Gasteiger partial charge in [-0.1, -0.05) is 19.9 Å². The van der Waals surface area contributed by atoms with E-state index < -0.39 is 0 Å². The number of aromatic nitrogens is 1. The summed E-state index contributed by atoms with van der Waals surface area (Å²) >= 11 is 1.74. The molecule has 29 heavy (non-hydrogen) atoms. The largest absolute Gasteiger partial charge is 0.493 e. The van der Waals surface area contributed by atoms with Crippen LogP contribution in [0, 0.1) is 0 Å². The van der Waals surface area contributed by atoms with E-state index in [-0.39, 0.29) is 24.0 Å². The normalized spacial score (nSPS) is 11.2. The Kier molecular flexibility index (Phi) is 11.3. The third-order valence-electron chi connectivity index (χ3n) is 4.48. The Morgan fingerprint density at radius 2 is 1.93 bits per heavy atom. The number of guanidine groups is 1. The van der Waals surface area contributed by atoms with Crippen molar-refractivity contribution in [2.45, 2.75) is 32.6 Å². The quantitative estimate of drug-likeness (QED) is 0.298. The molecule has 0 fully saturated rings. The summed E-state index contributed by atoms with van der Waals surface area (Å²) in [5.74, 6) is 2.89. The average Bonchev–Trinajstić information content (AvgIpc) is 3.18. The molecule has 0 aliphatic rings. The average molecular weight is 532 g/mol. The predicted molar refractivity (Wildman–Crippen MR) is 133 cm³/mol. The molecule has 1 aromatic heterocycles. The van der Waals surface area contributed by atoms with Gasteiger partial charge in [0.25, 0.3) is 0 Å². The fourth-order valence-electron chi connectivity index (χ4n) is 2.83. The molecule has 0 amide bonds. The number of rotatable bonds is 9. The topological polar surface area (TPSA) is 59.0 Å². The van der Waals surface area contributed by atoms with Gasteiger partial charge in [0.05, 0.1) is 24.9 Å².